The van der Waals surface area contributed by atoms with Gasteiger partial charge in [-0.15, -0.1) is 0 Å². The summed E-state index contributed by atoms with van der Waals surface area (Å²) < 4.78 is 6.18. The van der Waals surface area contributed by atoms with E-state index < -0.39 is 5.91 Å². The van der Waals surface area contributed by atoms with E-state index in [0.717, 1.165) is 16.8 Å². The summed E-state index contributed by atoms with van der Waals surface area (Å²) in [6.45, 7) is 3.73. The van der Waals surface area contributed by atoms with E-state index in [2.05, 4.69) is 26.6 Å². The molecule has 0 aliphatic heterocycles. The predicted octanol–water partition coefficient (Wildman–Crippen LogP) is 5.33. The van der Waals surface area contributed by atoms with Crippen molar-refractivity contribution in [3.8, 4) is 17.6 Å². The van der Waals surface area contributed by atoms with Gasteiger partial charge in [-0.25, -0.2) is 0 Å². The average Bonchev–Trinajstić information content (AvgIpc) is 2.80. The zero-order valence-corrected chi connectivity index (χ0v) is 20.1. The minimum absolute atomic E-state index is 0.0731. The summed E-state index contributed by atoms with van der Waals surface area (Å²) in [6, 6.07) is 18.6. The van der Waals surface area contributed by atoms with Gasteiger partial charge in [0.05, 0.1) is 4.47 Å². The maximum Gasteiger partial charge on any atom is 0.266 e. The highest BCUT2D eigenvalue weighted by atomic mass is 79.9. The highest BCUT2D eigenvalue weighted by molar-refractivity contribution is 9.10. The molecule has 0 saturated carbocycles. The van der Waals surface area contributed by atoms with Crippen LogP contribution in [-0.4, -0.2) is 23.5 Å². The molecule has 0 atom stereocenters. The second kappa shape index (κ2) is 11.2. The number of phenols is 1. The minimum Gasteiger partial charge on any atom is -0.508 e. The van der Waals surface area contributed by atoms with Crippen molar-refractivity contribution in [2.75, 3.05) is 17.2 Å². The Kier molecular flexibility index (Phi) is 8.06. The number of carbonyl (C=O) groups excluding carboxylic acids is 2. The molecule has 0 spiro atoms. The van der Waals surface area contributed by atoms with Crippen LogP contribution in [0.2, 0.25) is 0 Å². The topological polar surface area (TPSA) is 111 Å². The van der Waals surface area contributed by atoms with E-state index in [-0.39, 0.29) is 23.8 Å². The summed E-state index contributed by atoms with van der Waals surface area (Å²) in [4.78, 5) is 24.7. The van der Waals surface area contributed by atoms with E-state index in [1.807, 2.05) is 38.1 Å². The van der Waals surface area contributed by atoms with Gasteiger partial charge < -0.3 is 20.5 Å². The molecule has 34 heavy (non-hydrogen) atoms. The lowest BCUT2D eigenvalue weighted by Crippen LogP contribution is -2.20. The third-order valence-corrected chi connectivity index (χ3v) is 5.39. The normalized spacial score (nSPS) is 10.8. The van der Waals surface area contributed by atoms with Crippen molar-refractivity contribution >= 4 is 45.2 Å². The molecule has 7 nitrogen and oxygen atoms in total. The van der Waals surface area contributed by atoms with Crippen LogP contribution in [-0.2, 0) is 9.59 Å². The van der Waals surface area contributed by atoms with E-state index in [1.54, 1.807) is 18.2 Å². The first-order chi connectivity index (χ1) is 16.2. The van der Waals surface area contributed by atoms with Crippen LogP contribution in [0.15, 0.2) is 70.7 Å². The van der Waals surface area contributed by atoms with Crippen LogP contribution in [0.4, 0.5) is 11.4 Å². The van der Waals surface area contributed by atoms with Crippen molar-refractivity contribution in [2.24, 2.45) is 0 Å². The maximum atomic E-state index is 12.4. The lowest BCUT2D eigenvalue weighted by atomic mass is 10.1. The van der Waals surface area contributed by atoms with E-state index in [9.17, 15) is 20.0 Å². The molecule has 3 aromatic carbocycles. The van der Waals surface area contributed by atoms with Gasteiger partial charge in [0, 0.05) is 11.4 Å². The predicted molar refractivity (Wildman–Crippen MR) is 135 cm³/mol. The van der Waals surface area contributed by atoms with Crippen molar-refractivity contribution in [1.29, 1.82) is 5.26 Å². The third kappa shape index (κ3) is 6.70. The molecule has 0 fully saturated rings. The lowest BCUT2D eigenvalue weighted by molar-refractivity contribution is -0.118. The number of rotatable bonds is 7. The third-order valence-electron chi connectivity index (χ3n) is 4.77. The molecule has 3 aromatic rings. The van der Waals surface area contributed by atoms with Gasteiger partial charge in [-0.1, -0.05) is 23.8 Å². The molecule has 0 aliphatic carbocycles. The van der Waals surface area contributed by atoms with E-state index >= 15 is 0 Å². The minimum atomic E-state index is -0.576. The van der Waals surface area contributed by atoms with Crippen LogP contribution < -0.4 is 15.4 Å². The average molecular weight is 520 g/mol. The standard InChI is InChI=1S/C26H22BrN3O4/c1-16-3-9-23(17(2)11-16)30-25(32)15-34-24-10-4-18(13-22(24)27)12-19(14-28)26(33)29-20-5-7-21(31)8-6-20/h3-13,31H,15H2,1-2H3,(H,29,33)(H,30,32)/b19-12+. The Morgan fingerprint density at radius 2 is 1.79 bits per heavy atom. The number of hydrogen-bond acceptors (Lipinski definition) is 5. The molecule has 0 aliphatic rings. The van der Waals surface area contributed by atoms with Crippen molar-refractivity contribution in [3.63, 3.8) is 0 Å². The Hall–Kier alpha value is -4.09. The first-order valence-electron chi connectivity index (χ1n) is 10.3. The Morgan fingerprint density at radius 3 is 2.44 bits per heavy atom. The number of nitrogens with zero attached hydrogens (tertiary/aromatic N) is 1. The van der Waals surface area contributed by atoms with Crippen molar-refractivity contribution in [3.05, 3.63) is 87.4 Å². The number of halogens is 1. The SMILES string of the molecule is Cc1ccc(NC(=O)COc2ccc(/C=C(\C#N)C(=O)Nc3ccc(O)cc3)cc2Br)c(C)c1. The van der Waals surface area contributed by atoms with Crippen molar-refractivity contribution in [2.45, 2.75) is 13.8 Å². The first kappa shape index (κ1) is 24.6. The quantitative estimate of drug-likeness (QED) is 0.221. The van der Waals surface area contributed by atoms with Gasteiger partial charge in [0.1, 0.15) is 23.1 Å². The second-order valence-electron chi connectivity index (χ2n) is 7.52. The number of carbonyl (C=O) groups is 2. The summed E-state index contributed by atoms with van der Waals surface area (Å²) in [5.74, 6) is -0.350. The fourth-order valence-corrected chi connectivity index (χ4v) is 3.58. The second-order valence-corrected chi connectivity index (χ2v) is 8.37. The Balaban J connectivity index is 1.63. The number of nitrogens with one attached hydrogen (secondary N) is 2. The van der Waals surface area contributed by atoms with E-state index in [1.165, 1.54) is 30.3 Å². The van der Waals surface area contributed by atoms with Crippen LogP contribution in [0.3, 0.4) is 0 Å². The molecule has 0 bridgehead atoms. The van der Waals surface area contributed by atoms with Crippen LogP contribution in [0.25, 0.3) is 6.08 Å². The lowest BCUT2D eigenvalue weighted by Gasteiger charge is -2.11. The van der Waals surface area contributed by atoms with Gasteiger partial charge in [0.25, 0.3) is 11.8 Å². The van der Waals surface area contributed by atoms with Gasteiger partial charge in [-0.05, 0) is 89.4 Å². The molecule has 0 saturated heterocycles. The molecule has 3 N–H and O–H groups in total. The van der Waals surface area contributed by atoms with Crippen molar-refractivity contribution in [1.82, 2.24) is 0 Å². The molecule has 3 rings (SSSR count). The molecular formula is C26H22BrN3O4. The van der Waals surface area contributed by atoms with Crippen LogP contribution in [0.5, 0.6) is 11.5 Å². The van der Waals surface area contributed by atoms with E-state index in [0.29, 0.717) is 21.5 Å². The van der Waals surface area contributed by atoms with Gasteiger partial charge in [-0.2, -0.15) is 5.26 Å². The zero-order valence-electron chi connectivity index (χ0n) is 18.6. The number of anilines is 2. The van der Waals surface area contributed by atoms with Crippen LogP contribution in [0.1, 0.15) is 16.7 Å². The Bertz CT molecular complexity index is 1290. The summed E-state index contributed by atoms with van der Waals surface area (Å²) in [5.41, 5.74) is 3.76. The number of aromatic hydroxyl groups is 1. The highest BCUT2D eigenvalue weighted by Crippen LogP contribution is 2.27. The Labute approximate surface area is 205 Å². The van der Waals surface area contributed by atoms with Crippen molar-refractivity contribution < 1.29 is 19.4 Å². The number of aryl methyl sites for hydroxylation is 2. The highest BCUT2D eigenvalue weighted by Gasteiger charge is 2.12. The molecule has 0 unspecified atom stereocenters. The number of ether oxygens (including phenoxy) is 1. The molecule has 172 valence electrons. The number of phenolic OH excluding ortho intramolecular Hbond substituents is 1. The number of benzene rings is 3. The van der Waals surface area contributed by atoms with Gasteiger partial charge in [0.15, 0.2) is 6.61 Å². The number of amides is 2. The van der Waals surface area contributed by atoms with Crippen LogP contribution >= 0.6 is 15.9 Å². The molecular weight excluding hydrogens is 498 g/mol. The molecule has 0 heterocycles. The summed E-state index contributed by atoms with van der Waals surface area (Å²) in [6.07, 6.45) is 1.44. The van der Waals surface area contributed by atoms with E-state index in [4.69, 9.17) is 4.74 Å². The fraction of sp³-hybridized carbons (Fsp3) is 0.115. The van der Waals surface area contributed by atoms with Crippen LogP contribution in [0, 0.1) is 25.2 Å². The summed E-state index contributed by atoms with van der Waals surface area (Å²) >= 11 is 3.40. The fourth-order valence-electron chi connectivity index (χ4n) is 3.07. The smallest absolute Gasteiger partial charge is 0.266 e. The monoisotopic (exact) mass is 519 g/mol. The number of hydrogen-bond donors (Lipinski definition) is 3. The first-order valence-corrected chi connectivity index (χ1v) is 11.1. The Morgan fingerprint density at radius 1 is 1.06 bits per heavy atom. The van der Waals surface area contributed by atoms with Gasteiger partial charge in [0.2, 0.25) is 0 Å². The largest absolute Gasteiger partial charge is 0.508 e. The maximum absolute atomic E-state index is 12.4. The van der Waals surface area contributed by atoms with Gasteiger partial charge >= 0.3 is 0 Å². The summed E-state index contributed by atoms with van der Waals surface area (Å²) in [7, 11) is 0. The number of nitriles is 1. The molecule has 0 aromatic heterocycles. The molecule has 0 radical (unpaired) electrons. The molecule has 8 heteroatoms. The molecule has 2 amide bonds. The van der Waals surface area contributed by atoms with Gasteiger partial charge in [-0.3, -0.25) is 9.59 Å². The summed E-state index contributed by atoms with van der Waals surface area (Å²) in [5, 5.41) is 24.2. The zero-order chi connectivity index (χ0) is 24.7.